The van der Waals surface area contributed by atoms with E-state index < -0.39 is 5.97 Å². The van der Waals surface area contributed by atoms with Gasteiger partial charge in [-0.05, 0) is 6.42 Å². The zero-order valence-electron chi connectivity index (χ0n) is 7.11. The minimum atomic E-state index is -0.986. The number of nitrogens with zero attached hydrogens (tertiary/aromatic N) is 1. The Bertz CT molecular complexity index is 323. The number of hydrogen-bond acceptors (Lipinski definition) is 3. The number of carbonyl (C=O) groups excluding carboxylic acids is 1. The van der Waals surface area contributed by atoms with E-state index >= 15 is 0 Å². The number of amides is 1. The molecule has 1 fully saturated rings. The molecule has 5 heteroatoms. The number of carboxylic acids is 1. The third-order valence-electron chi connectivity index (χ3n) is 2.21. The van der Waals surface area contributed by atoms with Crippen LogP contribution >= 0.6 is 11.8 Å². The van der Waals surface area contributed by atoms with Gasteiger partial charge < -0.3 is 5.11 Å². The van der Waals surface area contributed by atoms with Crippen molar-refractivity contribution < 1.29 is 14.7 Å². The fourth-order valence-electron chi connectivity index (χ4n) is 1.58. The molecule has 4 nitrogen and oxygen atoms in total. The average Bonchev–Trinajstić information content (AvgIpc) is 2.37. The summed E-state index contributed by atoms with van der Waals surface area (Å²) < 4.78 is 0. The molecule has 0 saturated carbocycles. The molecule has 0 spiro atoms. The Morgan fingerprint density at radius 1 is 1.77 bits per heavy atom. The molecule has 2 rings (SSSR count). The maximum Gasteiger partial charge on any atom is 0.353 e. The fraction of sp³-hybridized carbons (Fsp3) is 0.500. The van der Waals surface area contributed by atoms with E-state index in [-0.39, 0.29) is 17.0 Å². The molecule has 1 N–H and O–H groups in total. The van der Waals surface area contributed by atoms with Gasteiger partial charge in [0.15, 0.2) is 0 Å². The molecule has 0 unspecified atom stereocenters. The fourth-order valence-corrected chi connectivity index (χ4v) is 2.92. The maximum absolute atomic E-state index is 11.1. The molecule has 13 heavy (non-hydrogen) atoms. The summed E-state index contributed by atoms with van der Waals surface area (Å²) in [6.07, 6.45) is 1.16. The lowest BCUT2D eigenvalue weighted by Crippen LogP contribution is -2.48. The number of carbonyl (C=O) groups is 2. The quantitative estimate of drug-likeness (QED) is 0.674. The van der Waals surface area contributed by atoms with Gasteiger partial charge in [0, 0.05) is 4.91 Å². The van der Waals surface area contributed by atoms with Crippen molar-refractivity contribution in [3.8, 4) is 0 Å². The number of carboxylic acid groups (broad SMARTS) is 1. The zero-order chi connectivity index (χ0) is 9.59. The summed E-state index contributed by atoms with van der Waals surface area (Å²) in [6.45, 7) is 1.90. The van der Waals surface area contributed by atoms with Gasteiger partial charge >= 0.3 is 5.97 Å². The minimum Gasteiger partial charge on any atom is -0.477 e. The van der Waals surface area contributed by atoms with Crippen LogP contribution in [0.1, 0.15) is 19.8 Å². The van der Waals surface area contributed by atoms with E-state index in [0.29, 0.717) is 12.8 Å². The van der Waals surface area contributed by atoms with Crippen LogP contribution in [0.3, 0.4) is 0 Å². The van der Waals surface area contributed by atoms with Gasteiger partial charge in [-0.15, -0.1) is 11.8 Å². The molecule has 0 radical (unpaired) electrons. The van der Waals surface area contributed by atoms with Gasteiger partial charge in [-0.25, -0.2) is 4.79 Å². The third kappa shape index (κ3) is 1.07. The van der Waals surface area contributed by atoms with Crippen LogP contribution < -0.4 is 0 Å². The molecule has 0 aliphatic carbocycles. The van der Waals surface area contributed by atoms with Gasteiger partial charge in [0.25, 0.3) is 0 Å². The SMILES string of the molecule is CCC1=C(C(=O)O)N2C(=O)C[C@@H]2S1. The van der Waals surface area contributed by atoms with Gasteiger partial charge in [-0.3, -0.25) is 9.69 Å². The van der Waals surface area contributed by atoms with E-state index in [1.165, 1.54) is 16.7 Å². The van der Waals surface area contributed by atoms with Crippen LogP contribution in [0.4, 0.5) is 0 Å². The molecule has 0 aromatic carbocycles. The Labute approximate surface area is 79.6 Å². The highest BCUT2D eigenvalue weighted by Crippen LogP contribution is 2.46. The first-order chi connectivity index (χ1) is 6.15. The molecular formula is C8H9NO3S. The van der Waals surface area contributed by atoms with Crippen molar-refractivity contribution in [1.29, 1.82) is 0 Å². The number of rotatable bonds is 2. The van der Waals surface area contributed by atoms with Gasteiger partial charge in [-0.1, -0.05) is 6.92 Å². The lowest BCUT2D eigenvalue weighted by atomic mass is 10.1. The van der Waals surface area contributed by atoms with E-state index in [0.717, 1.165) is 4.91 Å². The highest BCUT2D eigenvalue weighted by atomic mass is 32.2. The smallest absolute Gasteiger partial charge is 0.353 e. The van der Waals surface area contributed by atoms with E-state index in [2.05, 4.69) is 0 Å². The average molecular weight is 199 g/mol. The lowest BCUT2D eigenvalue weighted by Gasteiger charge is -2.33. The van der Waals surface area contributed by atoms with Gasteiger partial charge in [-0.2, -0.15) is 0 Å². The van der Waals surface area contributed by atoms with Gasteiger partial charge in [0.2, 0.25) is 5.91 Å². The van der Waals surface area contributed by atoms with Crippen LogP contribution in [0.25, 0.3) is 0 Å². The monoisotopic (exact) mass is 199 g/mol. The van der Waals surface area contributed by atoms with E-state index in [4.69, 9.17) is 5.11 Å². The molecule has 2 aliphatic heterocycles. The first-order valence-corrected chi connectivity index (χ1v) is 4.98. The molecule has 1 saturated heterocycles. The molecular weight excluding hydrogens is 190 g/mol. The summed E-state index contributed by atoms with van der Waals surface area (Å²) in [4.78, 5) is 24.2. The Kier molecular flexibility index (Phi) is 1.83. The number of fused-ring (bicyclic) bond motifs is 1. The van der Waals surface area contributed by atoms with Crippen molar-refractivity contribution in [3.63, 3.8) is 0 Å². The highest BCUT2D eigenvalue weighted by molar-refractivity contribution is 8.04. The van der Waals surface area contributed by atoms with Gasteiger partial charge in [0.05, 0.1) is 11.8 Å². The first kappa shape index (κ1) is 8.62. The first-order valence-electron chi connectivity index (χ1n) is 4.10. The van der Waals surface area contributed by atoms with Crippen LogP contribution in [-0.2, 0) is 9.59 Å². The second kappa shape index (κ2) is 2.77. The number of thioether (sulfide) groups is 1. The van der Waals surface area contributed by atoms with Crippen molar-refractivity contribution >= 4 is 23.6 Å². The summed E-state index contributed by atoms with van der Waals surface area (Å²) in [5.74, 6) is -1.06. The number of allylic oxidation sites excluding steroid dienone is 1. The molecule has 1 atom stereocenters. The molecule has 0 aromatic rings. The Hall–Kier alpha value is -0.970. The second-order valence-corrected chi connectivity index (χ2v) is 4.24. The third-order valence-corrected chi connectivity index (χ3v) is 3.63. The largest absolute Gasteiger partial charge is 0.477 e. The highest BCUT2D eigenvalue weighted by Gasteiger charge is 2.47. The minimum absolute atomic E-state index is 0.0635. The lowest BCUT2D eigenvalue weighted by molar-refractivity contribution is -0.145. The normalized spacial score (nSPS) is 26.1. The van der Waals surface area contributed by atoms with Crippen LogP contribution in [0, 0.1) is 0 Å². The predicted molar refractivity (Wildman–Crippen MR) is 47.8 cm³/mol. The van der Waals surface area contributed by atoms with Crippen molar-refractivity contribution in [2.75, 3.05) is 0 Å². The molecule has 0 bridgehead atoms. The summed E-state index contributed by atoms with van der Waals surface area (Å²) in [5, 5.41) is 8.95. The van der Waals surface area contributed by atoms with Crippen LogP contribution in [0.2, 0.25) is 0 Å². The Morgan fingerprint density at radius 3 is 2.92 bits per heavy atom. The van der Waals surface area contributed by atoms with E-state index in [1.807, 2.05) is 6.92 Å². The maximum atomic E-state index is 11.1. The number of β-lactam (4-membered cyclic amide) rings is 1. The van der Waals surface area contributed by atoms with Crippen LogP contribution in [0.5, 0.6) is 0 Å². The van der Waals surface area contributed by atoms with Gasteiger partial charge in [0.1, 0.15) is 5.70 Å². The van der Waals surface area contributed by atoms with Crippen LogP contribution in [-0.4, -0.2) is 27.3 Å². The number of hydrogen-bond donors (Lipinski definition) is 1. The molecule has 2 heterocycles. The van der Waals surface area contributed by atoms with Crippen LogP contribution in [0.15, 0.2) is 10.6 Å². The van der Waals surface area contributed by atoms with Crippen molar-refractivity contribution in [2.24, 2.45) is 0 Å². The van der Waals surface area contributed by atoms with E-state index in [9.17, 15) is 9.59 Å². The van der Waals surface area contributed by atoms with Crippen molar-refractivity contribution in [3.05, 3.63) is 10.6 Å². The summed E-state index contributed by atoms with van der Waals surface area (Å²) in [7, 11) is 0. The molecule has 1 amide bonds. The summed E-state index contributed by atoms with van der Waals surface area (Å²) >= 11 is 1.50. The van der Waals surface area contributed by atoms with Crippen molar-refractivity contribution in [2.45, 2.75) is 25.1 Å². The molecule has 2 aliphatic rings. The molecule has 70 valence electrons. The number of aliphatic carboxylic acids is 1. The Morgan fingerprint density at radius 2 is 2.46 bits per heavy atom. The predicted octanol–water partition coefficient (Wildman–Crippen LogP) is 0.998. The second-order valence-electron chi connectivity index (χ2n) is 2.97. The zero-order valence-corrected chi connectivity index (χ0v) is 7.93. The molecule has 0 aromatic heterocycles. The van der Waals surface area contributed by atoms with E-state index in [1.54, 1.807) is 0 Å². The standard InChI is InChI=1S/C8H9NO3S/c1-2-4-7(8(11)12)9-5(10)3-6(9)13-4/h6H,2-3H2,1H3,(H,11,12)/t6-/m0/s1. The summed E-state index contributed by atoms with van der Waals surface area (Å²) in [6, 6.07) is 0. The Balaban J connectivity index is 2.34. The summed E-state index contributed by atoms with van der Waals surface area (Å²) in [5.41, 5.74) is 0.203. The van der Waals surface area contributed by atoms with Crippen molar-refractivity contribution in [1.82, 2.24) is 4.90 Å². The topological polar surface area (TPSA) is 57.6 Å².